The topological polar surface area (TPSA) is 86.8 Å². The number of carbonyl (C=O) groups is 2. The average molecular weight is 502 g/mol. The first-order valence-electron chi connectivity index (χ1n) is 11.7. The minimum atomic E-state index is -3.62. The minimum Gasteiger partial charge on any atom is -0.348 e. The molecule has 0 radical (unpaired) electrons. The standard InChI is InChI=1S/C25H28ClN3O4S/c1-17(18-7-9-20(26)10-8-18)27-23(30)22-6-3-13-29(22)24(31)19-4-2-5-21(14-19)34(32,33)28-15-25(16-28)11-12-25/h2,4-5,7-10,14,17,22H,3,6,11-13,15-16H2,1H3,(H,27,30)/t17-,22-/m1/s1. The first kappa shape index (κ1) is 23.3. The molecule has 0 aromatic heterocycles. The van der Waals surface area contributed by atoms with Gasteiger partial charge in [-0.1, -0.05) is 29.8 Å². The molecule has 2 saturated heterocycles. The molecular formula is C25H28ClN3O4S. The molecule has 2 aromatic carbocycles. The molecule has 0 bridgehead atoms. The van der Waals surface area contributed by atoms with Gasteiger partial charge in [-0.2, -0.15) is 4.31 Å². The fourth-order valence-electron chi connectivity index (χ4n) is 4.90. The first-order chi connectivity index (χ1) is 16.2. The van der Waals surface area contributed by atoms with Crippen LogP contribution in [0.5, 0.6) is 0 Å². The summed E-state index contributed by atoms with van der Waals surface area (Å²) >= 11 is 5.95. The highest BCUT2D eigenvalue weighted by Gasteiger charge is 2.56. The molecule has 9 heteroatoms. The van der Waals surface area contributed by atoms with Gasteiger partial charge < -0.3 is 10.2 Å². The predicted molar refractivity (Wildman–Crippen MR) is 129 cm³/mol. The van der Waals surface area contributed by atoms with E-state index in [4.69, 9.17) is 11.6 Å². The fraction of sp³-hybridized carbons (Fsp3) is 0.440. The summed E-state index contributed by atoms with van der Waals surface area (Å²) in [4.78, 5) is 28.0. The molecule has 1 aliphatic carbocycles. The van der Waals surface area contributed by atoms with Crippen molar-refractivity contribution >= 4 is 33.4 Å². The van der Waals surface area contributed by atoms with E-state index in [2.05, 4.69) is 5.32 Å². The summed E-state index contributed by atoms with van der Waals surface area (Å²) in [5, 5.41) is 3.62. The maximum Gasteiger partial charge on any atom is 0.254 e. The van der Waals surface area contributed by atoms with E-state index in [0.29, 0.717) is 37.5 Å². The van der Waals surface area contributed by atoms with Crippen molar-refractivity contribution in [1.29, 1.82) is 0 Å². The highest BCUT2D eigenvalue weighted by Crippen LogP contribution is 2.54. The molecule has 0 unspecified atom stereocenters. The van der Waals surface area contributed by atoms with Gasteiger partial charge in [0.25, 0.3) is 5.91 Å². The summed E-state index contributed by atoms with van der Waals surface area (Å²) in [6.07, 6.45) is 3.46. The summed E-state index contributed by atoms with van der Waals surface area (Å²) in [5.74, 6) is -0.538. The van der Waals surface area contributed by atoms with E-state index < -0.39 is 16.1 Å². The lowest BCUT2D eigenvalue weighted by Crippen LogP contribution is -2.51. The van der Waals surface area contributed by atoms with Crippen LogP contribution in [0.3, 0.4) is 0 Å². The molecule has 2 aliphatic heterocycles. The zero-order valence-electron chi connectivity index (χ0n) is 19.0. The number of hydrogen-bond acceptors (Lipinski definition) is 4. The lowest BCUT2D eigenvalue weighted by molar-refractivity contribution is -0.125. The van der Waals surface area contributed by atoms with Crippen molar-refractivity contribution in [1.82, 2.24) is 14.5 Å². The molecule has 2 aromatic rings. The highest BCUT2D eigenvalue weighted by atomic mass is 35.5. The Morgan fingerprint density at radius 1 is 1.12 bits per heavy atom. The highest BCUT2D eigenvalue weighted by molar-refractivity contribution is 7.89. The van der Waals surface area contributed by atoms with Crippen molar-refractivity contribution in [3.8, 4) is 0 Å². The van der Waals surface area contributed by atoms with Gasteiger partial charge >= 0.3 is 0 Å². The van der Waals surface area contributed by atoms with Crippen LogP contribution < -0.4 is 5.32 Å². The molecule has 1 spiro atoms. The number of sulfonamides is 1. The molecule has 7 nitrogen and oxygen atoms in total. The van der Waals surface area contributed by atoms with Gasteiger partial charge in [-0.25, -0.2) is 8.42 Å². The predicted octanol–water partition coefficient (Wildman–Crippen LogP) is 3.61. The van der Waals surface area contributed by atoms with Crippen LogP contribution in [0, 0.1) is 5.41 Å². The van der Waals surface area contributed by atoms with E-state index in [0.717, 1.165) is 18.4 Å². The Morgan fingerprint density at radius 3 is 2.50 bits per heavy atom. The smallest absolute Gasteiger partial charge is 0.254 e. The Balaban J connectivity index is 1.28. The number of hydrogen-bond donors (Lipinski definition) is 1. The monoisotopic (exact) mass is 501 g/mol. The summed E-state index contributed by atoms with van der Waals surface area (Å²) in [6, 6.07) is 12.6. The van der Waals surface area contributed by atoms with Crippen LogP contribution in [0.25, 0.3) is 0 Å². The van der Waals surface area contributed by atoms with Crippen LogP contribution >= 0.6 is 11.6 Å². The zero-order valence-corrected chi connectivity index (χ0v) is 20.6. The Bertz CT molecular complexity index is 1220. The Labute approximate surface area is 205 Å². The van der Waals surface area contributed by atoms with E-state index >= 15 is 0 Å². The third kappa shape index (κ3) is 4.34. The van der Waals surface area contributed by atoms with Gasteiger partial charge in [0, 0.05) is 30.2 Å². The van der Waals surface area contributed by atoms with Crippen LogP contribution in [0.15, 0.2) is 53.4 Å². The van der Waals surface area contributed by atoms with Crippen molar-refractivity contribution in [2.75, 3.05) is 19.6 Å². The molecule has 3 fully saturated rings. The summed E-state index contributed by atoms with van der Waals surface area (Å²) in [6.45, 7) is 3.47. The lowest BCUT2D eigenvalue weighted by Gasteiger charge is -2.38. The fourth-order valence-corrected chi connectivity index (χ4v) is 6.73. The average Bonchev–Trinajstić information content (AvgIpc) is 3.47. The van der Waals surface area contributed by atoms with E-state index in [-0.39, 0.29) is 33.7 Å². The number of nitrogens with zero attached hydrogens (tertiary/aromatic N) is 2. The van der Waals surface area contributed by atoms with E-state index in [1.807, 2.05) is 19.1 Å². The van der Waals surface area contributed by atoms with Gasteiger partial charge in [-0.05, 0) is 73.9 Å². The van der Waals surface area contributed by atoms with Gasteiger partial charge in [-0.3, -0.25) is 9.59 Å². The third-order valence-corrected chi connectivity index (χ3v) is 9.28. The second kappa shape index (κ2) is 8.66. The molecule has 3 aliphatic rings. The van der Waals surface area contributed by atoms with Crippen LogP contribution in [0.2, 0.25) is 5.02 Å². The Hall–Kier alpha value is -2.42. The van der Waals surface area contributed by atoms with Crippen LogP contribution in [-0.4, -0.2) is 55.1 Å². The molecule has 5 rings (SSSR count). The number of amides is 2. The molecule has 34 heavy (non-hydrogen) atoms. The van der Waals surface area contributed by atoms with Crippen molar-refractivity contribution in [2.45, 2.75) is 49.6 Å². The Morgan fingerprint density at radius 2 is 1.82 bits per heavy atom. The van der Waals surface area contributed by atoms with Gasteiger partial charge in [0.2, 0.25) is 15.9 Å². The zero-order chi connectivity index (χ0) is 24.1. The summed E-state index contributed by atoms with van der Waals surface area (Å²) in [7, 11) is -3.62. The number of benzene rings is 2. The minimum absolute atomic E-state index is 0.130. The van der Waals surface area contributed by atoms with E-state index in [1.54, 1.807) is 29.2 Å². The summed E-state index contributed by atoms with van der Waals surface area (Å²) in [5.41, 5.74) is 1.42. The van der Waals surface area contributed by atoms with Crippen molar-refractivity contribution in [2.24, 2.45) is 5.41 Å². The van der Waals surface area contributed by atoms with Crippen molar-refractivity contribution < 1.29 is 18.0 Å². The lowest BCUT2D eigenvalue weighted by atomic mass is 10.0. The van der Waals surface area contributed by atoms with Crippen molar-refractivity contribution in [3.63, 3.8) is 0 Å². The molecule has 1 N–H and O–H groups in total. The number of rotatable bonds is 6. The third-order valence-electron chi connectivity index (χ3n) is 7.24. The molecule has 180 valence electrons. The SMILES string of the molecule is C[C@@H](NC(=O)[C@H]1CCCN1C(=O)c1cccc(S(=O)(=O)N2CC3(CC3)C2)c1)c1ccc(Cl)cc1. The van der Waals surface area contributed by atoms with Gasteiger partial charge in [0.15, 0.2) is 0 Å². The number of halogens is 1. The second-order valence-corrected chi connectivity index (χ2v) is 12.1. The number of likely N-dealkylation sites (tertiary alicyclic amines) is 1. The quantitative estimate of drug-likeness (QED) is 0.655. The van der Waals surface area contributed by atoms with Gasteiger partial charge in [-0.15, -0.1) is 0 Å². The van der Waals surface area contributed by atoms with Crippen LogP contribution in [-0.2, 0) is 14.8 Å². The molecule has 2 atom stereocenters. The maximum absolute atomic E-state index is 13.3. The Kier molecular flexibility index (Phi) is 5.94. The molecule has 2 heterocycles. The van der Waals surface area contributed by atoms with E-state index in [1.165, 1.54) is 16.4 Å². The first-order valence-corrected chi connectivity index (χ1v) is 13.5. The van der Waals surface area contributed by atoms with Crippen LogP contribution in [0.4, 0.5) is 0 Å². The van der Waals surface area contributed by atoms with Gasteiger partial charge in [0.05, 0.1) is 10.9 Å². The second-order valence-electron chi connectivity index (χ2n) is 9.74. The number of nitrogens with one attached hydrogen (secondary N) is 1. The molecule has 1 saturated carbocycles. The maximum atomic E-state index is 13.3. The molecule has 2 amide bonds. The number of carbonyl (C=O) groups excluding carboxylic acids is 2. The summed E-state index contributed by atoms with van der Waals surface area (Å²) < 4.78 is 27.5. The normalized spacial score (nSPS) is 22.3. The van der Waals surface area contributed by atoms with Gasteiger partial charge in [0.1, 0.15) is 6.04 Å². The van der Waals surface area contributed by atoms with Crippen LogP contribution in [0.1, 0.15) is 54.6 Å². The largest absolute Gasteiger partial charge is 0.348 e. The molecular weight excluding hydrogens is 474 g/mol. The van der Waals surface area contributed by atoms with Crippen molar-refractivity contribution in [3.05, 3.63) is 64.7 Å². The van der Waals surface area contributed by atoms with E-state index in [9.17, 15) is 18.0 Å².